The molecule has 102 valence electrons. The van der Waals surface area contributed by atoms with E-state index in [1.54, 1.807) is 0 Å². The molecular formula is C14H23NO2S. The van der Waals surface area contributed by atoms with Gasteiger partial charge in [-0.2, -0.15) is 0 Å². The van der Waals surface area contributed by atoms with Crippen molar-refractivity contribution in [3.05, 3.63) is 23.7 Å². The lowest BCUT2D eigenvalue weighted by Crippen LogP contribution is -2.37. The van der Waals surface area contributed by atoms with E-state index >= 15 is 0 Å². The van der Waals surface area contributed by atoms with Crippen LogP contribution < -0.4 is 5.32 Å². The van der Waals surface area contributed by atoms with Crippen LogP contribution in [0.3, 0.4) is 0 Å². The van der Waals surface area contributed by atoms with Crippen LogP contribution in [-0.2, 0) is 17.3 Å². The Labute approximate surface area is 112 Å². The summed E-state index contributed by atoms with van der Waals surface area (Å²) in [5.41, 5.74) is 0. The average Bonchev–Trinajstić information content (AvgIpc) is 2.81. The molecule has 0 aromatic carbocycles. The van der Waals surface area contributed by atoms with Gasteiger partial charge in [0, 0.05) is 27.8 Å². The van der Waals surface area contributed by atoms with Crippen LogP contribution in [0.25, 0.3) is 0 Å². The first-order valence-electron chi connectivity index (χ1n) is 6.85. The molecule has 0 spiro atoms. The maximum atomic E-state index is 11.9. The van der Waals surface area contributed by atoms with Gasteiger partial charge in [-0.05, 0) is 38.3 Å². The van der Waals surface area contributed by atoms with Crippen molar-refractivity contribution in [2.24, 2.45) is 0 Å². The molecule has 1 saturated carbocycles. The minimum Gasteiger partial charge on any atom is -0.465 e. The van der Waals surface area contributed by atoms with Crippen molar-refractivity contribution in [3.63, 3.8) is 0 Å². The van der Waals surface area contributed by atoms with Crippen molar-refractivity contribution in [1.82, 2.24) is 5.32 Å². The number of nitrogens with one attached hydrogen (secondary N) is 1. The summed E-state index contributed by atoms with van der Waals surface area (Å²) in [6.07, 6.45) is 4.54. The van der Waals surface area contributed by atoms with Crippen molar-refractivity contribution in [2.75, 3.05) is 5.75 Å². The van der Waals surface area contributed by atoms with E-state index in [2.05, 4.69) is 5.32 Å². The van der Waals surface area contributed by atoms with Gasteiger partial charge in [0.2, 0.25) is 0 Å². The fourth-order valence-electron chi connectivity index (χ4n) is 2.63. The lowest BCUT2D eigenvalue weighted by atomic mass is 9.95. The molecule has 1 N–H and O–H groups in total. The number of rotatable bonds is 5. The highest BCUT2D eigenvalue weighted by atomic mass is 32.2. The van der Waals surface area contributed by atoms with E-state index in [0.29, 0.717) is 11.3 Å². The van der Waals surface area contributed by atoms with Crippen molar-refractivity contribution in [1.29, 1.82) is 0 Å². The van der Waals surface area contributed by atoms with Gasteiger partial charge in [0.05, 0.1) is 6.54 Å². The Morgan fingerprint density at radius 1 is 1.44 bits per heavy atom. The highest BCUT2D eigenvalue weighted by Gasteiger charge is 2.25. The standard InChI is InChI=1S/C14H23NO2S/c1-3-18(16)14-6-4-5-12(9-14)15-10-13-8-7-11(2)17-13/h7-8,12,14-15H,3-6,9-10H2,1-2H3. The molecule has 18 heavy (non-hydrogen) atoms. The third-order valence-electron chi connectivity index (χ3n) is 3.64. The second-order valence-electron chi connectivity index (χ2n) is 5.05. The van der Waals surface area contributed by atoms with Crippen LogP contribution in [0, 0.1) is 6.92 Å². The number of hydrogen-bond donors (Lipinski definition) is 1. The monoisotopic (exact) mass is 269 g/mol. The van der Waals surface area contributed by atoms with Gasteiger partial charge in [-0.15, -0.1) is 0 Å². The first kappa shape index (κ1) is 13.8. The van der Waals surface area contributed by atoms with Gasteiger partial charge in [0.25, 0.3) is 0 Å². The van der Waals surface area contributed by atoms with Crippen LogP contribution in [0.1, 0.15) is 44.1 Å². The van der Waals surface area contributed by atoms with Crippen LogP contribution >= 0.6 is 0 Å². The van der Waals surface area contributed by atoms with E-state index in [4.69, 9.17) is 4.42 Å². The molecule has 3 nitrogen and oxygen atoms in total. The molecule has 1 fully saturated rings. The second kappa shape index (κ2) is 6.53. The maximum absolute atomic E-state index is 11.9. The van der Waals surface area contributed by atoms with Crippen molar-refractivity contribution < 1.29 is 8.63 Å². The van der Waals surface area contributed by atoms with Crippen LogP contribution in [0.4, 0.5) is 0 Å². The topological polar surface area (TPSA) is 42.2 Å². The molecule has 0 radical (unpaired) electrons. The summed E-state index contributed by atoms with van der Waals surface area (Å²) in [5.74, 6) is 2.74. The third kappa shape index (κ3) is 3.69. The van der Waals surface area contributed by atoms with E-state index in [-0.39, 0.29) is 0 Å². The van der Waals surface area contributed by atoms with Crippen LogP contribution in [0.5, 0.6) is 0 Å². The smallest absolute Gasteiger partial charge is 0.117 e. The molecular weight excluding hydrogens is 246 g/mol. The van der Waals surface area contributed by atoms with E-state index in [9.17, 15) is 4.21 Å². The Hall–Kier alpha value is -0.610. The molecule has 1 aromatic heterocycles. The largest absolute Gasteiger partial charge is 0.465 e. The Bertz CT molecular complexity index is 402. The van der Waals surface area contributed by atoms with Gasteiger partial charge in [0.1, 0.15) is 11.5 Å². The summed E-state index contributed by atoms with van der Waals surface area (Å²) in [4.78, 5) is 0. The van der Waals surface area contributed by atoms with Crippen LogP contribution in [0.2, 0.25) is 0 Å². The van der Waals surface area contributed by atoms with Gasteiger partial charge in [0.15, 0.2) is 0 Å². The number of hydrogen-bond acceptors (Lipinski definition) is 3. The predicted octanol–water partition coefficient (Wildman–Crippen LogP) is 2.76. The SMILES string of the molecule is CCS(=O)C1CCCC(NCc2ccc(C)o2)C1. The van der Waals surface area contributed by atoms with Crippen molar-refractivity contribution in [3.8, 4) is 0 Å². The van der Waals surface area contributed by atoms with E-state index < -0.39 is 10.8 Å². The third-order valence-corrected chi connectivity index (χ3v) is 5.38. The van der Waals surface area contributed by atoms with E-state index in [1.807, 2.05) is 26.0 Å². The maximum Gasteiger partial charge on any atom is 0.117 e. The molecule has 1 aliphatic rings. The number of furan rings is 1. The summed E-state index contributed by atoms with van der Waals surface area (Å²) >= 11 is 0. The quantitative estimate of drug-likeness (QED) is 0.893. The Kier molecular flexibility index (Phi) is 5.01. The molecule has 0 bridgehead atoms. The predicted molar refractivity (Wildman–Crippen MR) is 75.0 cm³/mol. The summed E-state index contributed by atoms with van der Waals surface area (Å²) < 4.78 is 17.4. The van der Waals surface area contributed by atoms with Gasteiger partial charge in [-0.25, -0.2) is 0 Å². The van der Waals surface area contributed by atoms with E-state index in [1.165, 1.54) is 12.8 Å². The van der Waals surface area contributed by atoms with Gasteiger partial charge < -0.3 is 9.73 Å². The Morgan fingerprint density at radius 2 is 2.28 bits per heavy atom. The zero-order chi connectivity index (χ0) is 13.0. The fraction of sp³-hybridized carbons (Fsp3) is 0.714. The van der Waals surface area contributed by atoms with Crippen molar-refractivity contribution in [2.45, 2.75) is 57.4 Å². The zero-order valence-electron chi connectivity index (χ0n) is 11.3. The normalized spacial score (nSPS) is 26.1. The van der Waals surface area contributed by atoms with E-state index in [0.717, 1.165) is 36.7 Å². The first-order chi connectivity index (χ1) is 8.69. The Morgan fingerprint density at radius 3 is 2.94 bits per heavy atom. The van der Waals surface area contributed by atoms with Crippen molar-refractivity contribution >= 4 is 10.8 Å². The first-order valence-corrected chi connectivity index (χ1v) is 8.23. The molecule has 1 aliphatic carbocycles. The van der Waals surface area contributed by atoms with Gasteiger partial charge in [-0.1, -0.05) is 13.3 Å². The molecule has 1 heterocycles. The molecule has 1 aromatic rings. The molecule has 0 amide bonds. The zero-order valence-corrected chi connectivity index (χ0v) is 12.1. The second-order valence-corrected chi connectivity index (χ2v) is 7.05. The van der Waals surface area contributed by atoms with Gasteiger partial charge in [-0.3, -0.25) is 4.21 Å². The summed E-state index contributed by atoms with van der Waals surface area (Å²) in [7, 11) is -0.642. The average molecular weight is 269 g/mol. The molecule has 4 heteroatoms. The fourth-order valence-corrected chi connectivity index (χ4v) is 3.98. The lowest BCUT2D eigenvalue weighted by Gasteiger charge is -2.28. The molecule has 0 aliphatic heterocycles. The van der Waals surface area contributed by atoms with Gasteiger partial charge >= 0.3 is 0 Å². The Balaban J connectivity index is 1.80. The molecule has 2 rings (SSSR count). The number of aryl methyl sites for hydroxylation is 1. The lowest BCUT2D eigenvalue weighted by molar-refractivity contribution is 0.357. The minimum absolute atomic E-state index is 0.389. The highest BCUT2D eigenvalue weighted by molar-refractivity contribution is 7.85. The summed E-state index contributed by atoms with van der Waals surface area (Å²) in [6, 6.07) is 4.50. The minimum atomic E-state index is -0.642. The van der Waals surface area contributed by atoms with Crippen LogP contribution in [0.15, 0.2) is 16.5 Å². The summed E-state index contributed by atoms with van der Waals surface area (Å²) in [5, 5.41) is 3.92. The molecule has 0 saturated heterocycles. The molecule has 3 unspecified atom stereocenters. The summed E-state index contributed by atoms with van der Waals surface area (Å²) in [6.45, 7) is 4.76. The van der Waals surface area contributed by atoms with Crippen LogP contribution in [-0.4, -0.2) is 21.3 Å². The molecule has 3 atom stereocenters. The highest BCUT2D eigenvalue weighted by Crippen LogP contribution is 2.23.